The molecule has 0 atom stereocenters. The van der Waals surface area contributed by atoms with Crippen molar-refractivity contribution < 1.29 is 10.2 Å². The molecule has 0 aliphatic heterocycles. The Kier molecular flexibility index (Phi) is 3.05. The Morgan fingerprint density at radius 1 is 0.941 bits per heavy atom. The first-order valence-corrected chi connectivity index (χ1v) is 5.64. The molecule has 0 spiro atoms. The van der Waals surface area contributed by atoms with E-state index in [2.05, 4.69) is 0 Å². The molecule has 0 bridgehead atoms. The maximum atomic E-state index is 9.85. The van der Waals surface area contributed by atoms with E-state index in [1.807, 2.05) is 38.1 Å². The van der Waals surface area contributed by atoms with Gasteiger partial charge >= 0.3 is 0 Å². The average molecular weight is 228 g/mol. The lowest BCUT2D eigenvalue weighted by atomic mass is 9.98. The highest BCUT2D eigenvalue weighted by molar-refractivity contribution is 5.45. The largest absolute Gasteiger partial charge is 0.508 e. The monoisotopic (exact) mass is 228 g/mol. The predicted octanol–water partition coefficient (Wildman–Crippen LogP) is 3.31. The molecule has 0 amide bonds. The molecule has 2 aromatic carbocycles. The number of phenols is 2. The fourth-order valence-corrected chi connectivity index (χ4v) is 1.93. The van der Waals surface area contributed by atoms with E-state index in [1.54, 1.807) is 12.1 Å². The van der Waals surface area contributed by atoms with Crippen LogP contribution in [0.1, 0.15) is 22.3 Å². The standard InChI is InChI=1S/C15H16O2/c1-10-6-7-12(15(17)8-10)9-13-11(2)4-3-5-14(13)16/h3-8,16-17H,9H2,1-2H3. The van der Waals surface area contributed by atoms with Crippen LogP contribution in [0.4, 0.5) is 0 Å². The first-order valence-electron chi connectivity index (χ1n) is 5.64. The second-order valence-corrected chi connectivity index (χ2v) is 4.38. The minimum Gasteiger partial charge on any atom is -0.508 e. The van der Waals surface area contributed by atoms with Crippen molar-refractivity contribution in [1.82, 2.24) is 0 Å². The highest BCUT2D eigenvalue weighted by Gasteiger charge is 2.08. The molecule has 0 aliphatic rings. The van der Waals surface area contributed by atoms with Gasteiger partial charge in [-0.05, 0) is 42.7 Å². The van der Waals surface area contributed by atoms with E-state index in [9.17, 15) is 10.2 Å². The van der Waals surface area contributed by atoms with Gasteiger partial charge in [0.05, 0.1) is 0 Å². The van der Waals surface area contributed by atoms with Crippen LogP contribution in [-0.4, -0.2) is 10.2 Å². The van der Waals surface area contributed by atoms with E-state index in [-0.39, 0.29) is 11.5 Å². The van der Waals surface area contributed by atoms with Crippen LogP contribution in [0.25, 0.3) is 0 Å². The third kappa shape index (κ3) is 2.41. The third-order valence-electron chi connectivity index (χ3n) is 2.99. The minimum atomic E-state index is 0.282. The fraction of sp³-hybridized carbons (Fsp3) is 0.200. The average Bonchev–Trinajstić information content (AvgIpc) is 2.26. The second-order valence-electron chi connectivity index (χ2n) is 4.38. The molecule has 2 heteroatoms. The number of hydrogen-bond acceptors (Lipinski definition) is 2. The molecule has 0 unspecified atom stereocenters. The van der Waals surface area contributed by atoms with Crippen LogP contribution in [0.2, 0.25) is 0 Å². The Bertz CT molecular complexity index is 524. The lowest BCUT2D eigenvalue weighted by Gasteiger charge is -2.10. The van der Waals surface area contributed by atoms with Gasteiger partial charge in [0.1, 0.15) is 11.5 Å². The van der Waals surface area contributed by atoms with Gasteiger partial charge < -0.3 is 10.2 Å². The smallest absolute Gasteiger partial charge is 0.119 e. The van der Waals surface area contributed by atoms with Crippen LogP contribution >= 0.6 is 0 Å². The van der Waals surface area contributed by atoms with Gasteiger partial charge in [0.2, 0.25) is 0 Å². The Hall–Kier alpha value is -1.96. The third-order valence-corrected chi connectivity index (χ3v) is 2.99. The van der Waals surface area contributed by atoms with Crippen molar-refractivity contribution in [3.63, 3.8) is 0 Å². The molecule has 0 saturated carbocycles. The van der Waals surface area contributed by atoms with Crippen LogP contribution in [0.3, 0.4) is 0 Å². The van der Waals surface area contributed by atoms with Crippen molar-refractivity contribution in [2.75, 3.05) is 0 Å². The summed E-state index contributed by atoms with van der Waals surface area (Å²) < 4.78 is 0. The van der Waals surface area contributed by atoms with Crippen molar-refractivity contribution >= 4 is 0 Å². The summed E-state index contributed by atoms with van der Waals surface area (Å²) in [6, 6.07) is 11.1. The van der Waals surface area contributed by atoms with Crippen molar-refractivity contribution in [2.45, 2.75) is 20.3 Å². The molecule has 0 heterocycles. The van der Waals surface area contributed by atoms with Crippen molar-refractivity contribution in [1.29, 1.82) is 0 Å². The van der Waals surface area contributed by atoms with Gasteiger partial charge in [-0.25, -0.2) is 0 Å². The van der Waals surface area contributed by atoms with Crippen LogP contribution in [0.5, 0.6) is 11.5 Å². The molecule has 0 aliphatic carbocycles. The number of aromatic hydroxyl groups is 2. The van der Waals surface area contributed by atoms with Gasteiger partial charge in [-0.3, -0.25) is 0 Å². The lowest BCUT2D eigenvalue weighted by Crippen LogP contribution is -1.93. The maximum Gasteiger partial charge on any atom is 0.119 e. The summed E-state index contributed by atoms with van der Waals surface area (Å²) in [5, 5.41) is 19.7. The molecule has 2 N–H and O–H groups in total. The molecule has 0 aromatic heterocycles. The molecule has 2 rings (SSSR count). The van der Waals surface area contributed by atoms with Crippen LogP contribution < -0.4 is 0 Å². The van der Waals surface area contributed by atoms with Crippen molar-refractivity contribution in [2.24, 2.45) is 0 Å². The fourth-order valence-electron chi connectivity index (χ4n) is 1.93. The molecular weight excluding hydrogens is 212 g/mol. The zero-order chi connectivity index (χ0) is 12.4. The molecule has 2 nitrogen and oxygen atoms in total. The highest BCUT2D eigenvalue weighted by atomic mass is 16.3. The number of phenolic OH excluding ortho intramolecular Hbond substituents is 2. The van der Waals surface area contributed by atoms with Gasteiger partial charge in [-0.2, -0.15) is 0 Å². The summed E-state index contributed by atoms with van der Waals surface area (Å²) in [7, 11) is 0. The number of rotatable bonds is 2. The Balaban J connectivity index is 2.38. The van der Waals surface area contributed by atoms with Crippen LogP contribution in [0, 0.1) is 13.8 Å². The van der Waals surface area contributed by atoms with Gasteiger partial charge in [0.25, 0.3) is 0 Å². The van der Waals surface area contributed by atoms with E-state index in [4.69, 9.17) is 0 Å². The lowest BCUT2D eigenvalue weighted by molar-refractivity contribution is 0.462. The zero-order valence-electron chi connectivity index (χ0n) is 10.1. The molecule has 0 saturated heterocycles. The molecular formula is C15H16O2. The normalized spacial score (nSPS) is 10.5. The summed E-state index contributed by atoms with van der Waals surface area (Å²) in [5.41, 5.74) is 3.76. The summed E-state index contributed by atoms with van der Waals surface area (Å²) in [6.07, 6.45) is 0.546. The first kappa shape index (κ1) is 11.5. The quantitative estimate of drug-likeness (QED) is 0.828. The first-order chi connectivity index (χ1) is 8.08. The number of hydrogen-bond donors (Lipinski definition) is 2. The highest BCUT2D eigenvalue weighted by Crippen LogP contribution is 2.27. The Morgan fingerprint density at radius 2 is 1.71 bits per heavy atom. The predicted molar refractivity (Wildman–Crippen MR) is 68.5 cm³/mol. The maximum absolute atomic E-state index is 9.85. The zero-order valence-corrected chi connectivity index (χ0v) is 10.1. The second kappa shape index (κ2) is 4.50. The van der Waals surface area contributed by atoms with E-state index in [0.29, 0.717) is 6.42 Å². The summed E-state index contributed by atoms with van der Waals surface area (Å²) in [6.45, 7) is 3.90. The Labute approximate surface area is 101 Å². The molecule has 0 radical (unpaired) electrons. The Morgan fingerprint density at radius 3 is 2.35 bits per heavy atom. The summed E-state index contributed by atoms with van der Waals surface area (Å²) >= 11 is 0. The SMILES string of the molecule is Cc1ccc(Cc2c(C)cccc2O)c(O)c1. The van der Waals surface area contributed by atoms with E-state index in [1.165, 1.54) is 0 Å². The number of aryl methyl sites for hydroxylation is 2. The van der Waals surface area contributed by atoms with Gasteiger partial charge in [-0.15, -0.1) is 0 Å². The minimum absolute atomic E-state index is 0.282. The van der Waals surface area contributed by atoms with Gasteiger partial charge in [0.15, 0.2) is 0 Å². The van der Waals surface area contributed by atoms with Gasteiger partial charge in [-0.1, -0.05) is 24.3 Å². The van der Waals surface area contributed by atoms with E-state index < -0.39 is 0 Å². The van der Waals surface area contributed by atoms with Crippen LogP contribution in [0.15, 0.2) is 36.4 Å². The topological polar surface area (TPSA) is 40.5 Å². The molecule has 2 aromatic rings. The summed E-state index contributed by atoms with van der Waals surface area (Å²) in [5.74, 6) is 0.567. The van der Waals surface area contributed by atoms with E-state index >= 15 is 0 Å². The number of benzene rings is 2. The van der Waals surface area contributed by atoms with Crippen molar-refractivity contribution in [3.8, 4) is 11.5 Å². The van der Waals surface area contributed by atoms with E-state index in [0.717, 1.165) is 22.3 Å². The van der Waals surface area contributed by atoms with Crippen LogP contribution in [-0.2, 0) is 6.42 Å². The van der Waals surface area contributed by atoms with Crippen molar-refractivity contribution in [3.05, 3.63) is 58.7 Å². The molecule has 17 heavy (non-hydrogen) atoms. The molecule has 0 fully saturated rings. The summed E-state index contributed by atoms with van der Waals surface area (Å²) in [4.78, 5) is 0. The molecule has 88 valence electrons. The van der Waals surface area contributed by atoms with Gasteiger partial charge in [0, 0.05) is 12.0 Å².